The van der Waals surface area contributed by atoms with Crippen LogP contribution in [0.1, 0.15) is 15.2 Å². The number of thioether (sulfide) groups is 1. The van der Waals surface area contributed by atoms with E-state index < -0.39 is 11.7 Å². The number of carbonyl (C=O) groups is 1. The fourth-order valence-corrected chi connectivity index (χ4v) is 2.56. The van der Waals surface area contributed by atoms with Crippen molar-refractivity contribution in [1.82, 2.24) is 9.97 Å². The van der Waals surface area contributed by atoms with E-state index in [2.05, 4.69) is 15.3 Å². The van der Waals surface area contributed by atoms with Crippen molar-refractivity contribution < 1.29 is 13.6 Å². The molecule has 0 saturated heterocycles. The van der Waals surface area contributed by atoms with Crippen LogP contribution in [0.25, 0.3) is 0 Å². The number of halogens is 2. The number of aromatic nitrogens is 2. The lowest BCUT2D eigenvalue weighted by Gasteiger charge is -2.06. The highest BCUT2D eigenvalue weighted by atomic mass is 32.2. The number of amides is 1. The van der Waals surface area contributed by atoms with Crippen LogP contribution in [0.2, 0.25) is 0 Å². The van der Waals surface area contributed by atoms with Crippen molar-refractivity contribution in [2.75, 3.05) is 5.32 Å². The highest BCUT2D eigenvalue weighted by Crippen LogP contribution is 2.27. The topological polar surface area (TPSA) is 54.9 Å². The Morgan fingerprint density at radius 1 is 1.47 bits per heavy atom. The second-order valence-corrected chi connectivity index (χ2v) is 5.68. The number of rotatable bonds is 4. The number of alkyl halides is 2. The molecule has 0 spiro atoms. The summed E-state index contributed by atoms with van der Waals surface area (Å²) in [5.74, 6) is -3.12. The lowest BCUT2D eigenvalue weighted by Crippen LogP contribution is -2.13. The Bertz CT molecular complexity index is 589. The van der Waals surface area contributed by atoms with Crippen molar-refractivity contribution in [3.63, 3.8) is 0 Å². The highest BCUT2D eigenvalue weighted by Gasteiger charge is 2.17. The molecule has 0 radical (unpaired) electrons. The molecule has 2 aromatic rings. The molecule has 2 aromatic heterocycles. The van der Waals surface area contributed by atoms with Crippen LogP contribution in [0.4, 0.5) is 13.9 Å². The average molecular weight is 301 g/mol. The van der Waals surface area contributed by atoms with Gasteiger partial charge in [-0.3, -0.25) is 10.1 Å². The molecule has 0 aliphatic rings. The Morgan fingerprint density at radius 3 is 2.89 bits per heavy atom. The van der Waals surface area contributed by atoms with Crippen LogP contribution in [0.15, 0.2) is 29.6 Å². The molecule has 0 bridgehead atoms. The maximum atomic E-state index is 12.4. The number of hydrogen-bond donors (Lipinski definition) is 1. The monoisotopic (exact) mass is 301 g/mol. The number of hydrogen-bond acceptors (Lipinski definition) is 5. The van der Waals surface area contributed by atoms with Gasteiger partial charge < -0.3 is 0 Å². The number of aryl methyl sites for hydroxylation is 1. The summed E-state index contributed by atoms with van der Waals surface area (Å²) in [6.07, 6.45) is 2.99. The molecule has 19 heavy (non-hydrogen) atoms. The molecule has 0 unspecified atom stereocenters. The molecule has 0 saturated carbocycles. The zero-order valence-electron chi connectivity index (χ0n) is 9.76. The zero-order valence-corrected chi connectivity index (χ0v) is 11.4. The van der Waals surface area contributed by atoms with Crippen LogP contribution >= 0.6 is 23.1 Å². The van der Waals surface area contributed by atoms with E-state index in [9.17, 15) is 13.6 Å². The first-order valence-corrected chi connectivity index (χ1v) is 6.89. The summed E-state index contributed by atoms with van der Waals surface area (Å²) in [6, 6.07) is 2.98. The number of pyridine rings is 1. The number of thiazole rings is 1. The van der Waals surface area contributed by atoms with Crippen LogP contribution in [0, 0.1) is 6.92 Å². The van der Waals surface area contributed by atoms with Gasteiger partial charge in [-0.15, -0.1) is 11.3 Å². The molecule has 8 heteroatoms. The largest absolute Gasteiger partial charge is 0.298 e. The van der Waals surface area contributed by atoms with Crippen molar-refractivity contribution in [3.05, 3.63) is 35.0 Å². The van der Waals surface area contributed by atoms with Crippen molar-refractivity contribution >= 4 is 34.1 Å². The zero-order chi connectivity index (χ0) is 13.8. The average Bonchev–Trinajstić information content (AvgIpc) is 2.74. The number of carbonyl (C=O) groups excluding carboxylic acids is 1. The van der Waals surface area contributed by atoms with Crippen molar-refractivity contribution in [3.8, 4) is 0 Å². The van der Waals surface area contributed by atoms with Crippen LogP contribution in [-0.2, 0) is 0 Å². The molecular formula is C11H9F2N3OS2. The second kappa shape index (κ2) is 6.07. The van der Waals surface area contributed by atoms with Crippen LogP contribution in [-0.4, -0.2) is 21.6 Å². The van der Waals surface area contributed by atoms with E-state index in [0.29, 0.717) is 5.13 Å². The van der Waals surface area contributed by atoms with Gasteiger partial charge in [-0.1, -0.05) is 0 Å². The summed E-state index contributed by atoms with van der Waals surface area (Å²) in [5.41, 5.74) is 0.112. The van der Waals surface area contributed by atoms with Gasteiger partial charge in [0.05, 0.1) is 5.56 Å². The summed E-state index contributed by atoms with van der Waals surface area (Å²) in [5, 5.41) is 3.00. The highest BCUT2D eigenvalue weighted by molar-refractivity contribution is 7.99. The van der Waals surface area contributed by atoms with Gasteiger partial charge in [-0.25, -0.2) is 9.97 Å². The third kappa shape index (κ3) is 3.71. The van der Waals surface area contributed by atoms with E-state index in [1.807, 2.05) is 6.92 Å². The Kier molecular flexibility index (Phi) is 4.43. The third-order valence-corrected chi connectivity index (χ3v) is 3.61. The van der Waals surface area contributed by atoms with Crippen molar-refractivity contribution in [2.45, 2.75) is 17.7 Å². The summed E-state index contributed by atoms with van der Waals surface area (Å²) in [4.78, 5) is 20.7. The van der Waals surface area contributed by atoms with Crippen LogP contribution in [0.5, 0.6) is 0 Å². The molecule has 0 atom stereocenters. The molecule has 4 nitrogen and oxygen atoms in total. The Hall–Kier alpha value is -1.54. The van der Waals surface area contributed by atoms with E-state index in [0.717, 1.165) is 4.88 Å². The fraction of sp³-hybridized carbons (Fsp3) is 0.182. The third-order valence-electron chi connectivity index (χ3n) is 2.06. The van der Waals surface area contributed by atoms with Gasteiger partial charge in [-0.2, -0.15) is 8.78 Å². The minimum Gasteiger partial charge on any atom is -0.298 e. The molecule has 100 valence electrons. The second-order valence-electron chi connectivity index (χ2n) is 3.46. The normalized spacial score (nSPS) is 10.7. The quantitative estimate of drug-likeness (QED) is 0.879. The first-order chi connectivity index (χ1) is 9.06. The van der Waals surface area contributed by atoms with Crippen LogP contribution < -0.4 is 5.32 Å². The van der Waals surface area contributed by atoms with E-state index >= 15 is 0 Å². The van der Waals surface area contributed by atoms with Crippen molar-refractivity contribution in [1.29, 1.82) is 0 Å². The Balaban J connectivity index is 2.18. The fourth-order valence-electron chi connectivity index (χ4n) is 1.32. The van der Waals surface area contributed by atoms with Crippen LogP contribution in [0.3, 0.4) is 0 Å². The van der Waals surface area contributed by atoms with Gasteiger partial charge in [0.1, 0.15) is 5.03 Å². The van der Waals surface area contributed by atoms with E-state index in [4.69, 9.17) is 0 Å². The standard InChI is InChI=1S/C11H9F2N3OS2/c1-6-5-15-11(18-6)16-8(17)7-3-2-4-14-9(7)19-10(12)13/h2-5,10H,1H3,(H,15,16,17). The van der Waals surface area contributed by atoms with E-state index in [-0.39, 0.29) is 22.4 Å². The summed E-state index contributed by atoms with van der Waals surface area (Å²) in [6.45, 7) is 1.86. The molecule has 0 aliphatic heterocycles. The minimum atomic E-state index is -2.62. The minimum absolute atomic E-state index is 0.00304. The van der Waals surface area contributed by atoms with E-state index in [1.54, 1.807) is 6.20 Å². The molecular weight excluding hydrogens is 292 g/mol. The number of anilines is 1. The van der Waals surface area contributed by atoms with Gasteiger partial charge >= 0.3 is 0 Å². The Morgan fingerprint density at radius 2 is 2.26 bits per heavy atom. The molecule has 1 N–H and O–H groups in total. The maximum Gasteiger partial charge on any atom is 0.290 e. The lowest BCUT2D eigenvalue weighted by atomic mass is 10.3. The van der Waals surface area contributed by atoms with Gasteiger partial charge in [-0.05, 0) is 30.8 Å². The molecule has 1 amide bonds. The van der Waals surface area contributed by atoms with Crippen molar-refractivity contribution in [2.24, 2.45) is 0 Å². The van der Waals surface area contributed by atoms with Gasteiger partial charge in [0, 0.05) is 17.3 Å². The molecule has 0 aromatic carbocycles. The SMILES string of the molecule is Cc1cnc(NC(=O)c2cccnc2SC(F)F)s1. The lowest BCUT2D eigenvalue weighted by molar-refractivity contribution is 0.102. The Labute approximate surface area is 116 Å². The summed E-state index contributed by atoms with van der Waals surface area (Å²) in [7, 11) is 0. The summed E-state index contributed by atoms with van der Waals surface area (Å²) >= 11 is 1.56. The number of nitrogens with zero attached hydrogens (tertiary/aromatic N) is 2. The molecule has 0 aliphatic carbocycles. The first-order valence-electron chi connectivity index (χ1n) is 5.20. The maximum absolute atomic E-state index is 12.4. The van der Waals surface area contributed by atoms with Gasteiger partial charge in [0.15, 0.2) is 5.13 Å². The predicted molar refractivity (Wildman–Crippen MR) is 70.9 cm³/mol. The molecule has 2 heterocycles. The summed E-state index contributed by atoms with van der Waals surface area (Å²) < 4.78 is 24.8. The predicted octanol–water partition coefficient (Wildman–Crippen LogP) is 3.41. The smallest absolute Gasteiger partial charge is 0.290 e. The van der Waals surface area contributed by atoms with Gasteiger partial charge in [0.25, 0.3) is 11.7 Å². The first kappa shape index (κ1) is 13.9. The molecule has 2 rings (SSSR count). The number of nitrogens with one attached hydrogen (secondary N) is 1. The van der Waals surface area contributed by atoms with E-state index in [1.165, 1.54) is 29.7 Å². The van der Waals surface area contributed by atoms with Gasteiger partial charge in [0.2, 0.25) is 0 Å². The molecule has 0 fully saturated rings.